The number of sulfone groups is 1. The van der Waals surface area contributed by atoms with Crippen molar-refractivity contribution in [3.63, 3.8) is 0 Å². The van der Waals surface area contributed by atoms with Crippen molar-refractivity contribution in [2.75, 3.05) is 17.2 Å². The normalized spacial score (nSPS) is 11.0. The van der Waals surface area contributed by atoms with Crippen molar-refractivity contribution in [1.29, 1.82) is 0 Å². The van der Waals surface area contributed by atoms with Gasteiger partial charge in [-0.1, -0.05) is 41.9 Å². The van der Waals surface area contributed by atoms with E-state index in [0.29, 0.717) is 10.7 Å². The number of nitrogens with zero attached hydrogens (tertiary/aromatic N) is 1. The number of hydrogen-bond acceptors (Lipinski definition) is 6. The number of nitro groups is 1. The van der Waals surface area contributed by atoms with Gasteiger partial charge in [-0.3, -0.25) is 14.9 Å². The standard InChI is InChI=1S/C20H16ClN3O5S/c21-16-8-4-5-9-17(16)23-20(25)13-22-18-11-10-14(24(26)27)12-19(18)30(28,29)15-6-2-1-3-7-15/h1-12,22H,13H2,(H,23,25). The topological polar surface area (TPSA) is 118 Å². The molecule has 3 aromatic rings. The molecule has 0 unspecified atom stereocenters. The number of hydrogen-bond donors (Lipinski definition) is 2. The molecule has 0 fully saturated rings. The van der Waals surface area contributed by atoms with Crippen LogP contribution in [0.2, 0.25) is 5.02 Å². The number of carbonyl (C=O) groups is 1. The van der Waals surface area contributed by atoms with E-state index in [1.807, 2.05) is 0 Å². The monoisotopic (exact) mass is 445 g/mol. The fraction of sp³-hybridized carbons (Fsp3) is 0.0500. The zero-order valence-electron chi connectivity index (χ0n) is 15.4. The Bertz CT molecular complexity index is 1200. The molecule has 0 spiro atoms. The van der Waals surface area contributed by atoms with Crippen LogP contribution >= 0.6 is 11.6 Å². The van der Waals surface area contributed by atoms with Crippen LogP contribution in [0.4, 0.5) is 17.1 Å². The van der Waals surface area contributed by atoms with Gasteiger partial charge in [0.2, 0.25) is 15.7 Å². The number of benzene rings is 3. The van der Waals surface area contributed by atoms with Crippen molar-refractivity contribution >= 4 is 44.4 Å². The number of amides is 1. The lowest BCUT2D eigenvalue weighted by atomic mass is 10.2. The van der Waals surface area contributed by atoms with E-state index in [2.05, 4.69) is 10.6 Å². The second-order valence-corrected chi connectivity index (χ2v) is 8.46. The van der Waals surface area contributed by atoms with Crippen LogP contribution < -0.4 is 10.6 Å². The molecule has 0 aliphatic rings. The van der Waals surface area contributed by atoms with Crippen molar-refractivity contribution < 1.29 is 18.1 Å². The quantitative estimate of drug-likeness (QED) is 0.417. The van der Waals surface area contributed by atoms with E-state index in [1.54, 1.807) is 42.5 Å². The summed E-state index contributed by atoms with van der Waals surface area (Å²) >= 11 is 6.01. The molecule has 0 heterocycles. The minimum Gasteiger partial charge on any atom is -0.375 e. The van der Waals surface area contributed by atoms with E-state index in [1.165, 1.54) is 18.2 Å². The molecule has 0 aliphatic carbocycles. The molecule has 0 aromatic heterocycles. The third kappa shape index (κ3) is 4.76. The Labute approximate surface area is 177 Å². The maximum atomic E-state index is 13.0. The van der Waals surface area contributed by atoms with Crippen LogP contribution in [-0.2, 0) is 14.6 Å². The molecule has 154 valence electrons. The molecule has 0 saturated carbocycles. The lowest BCUT2D eigenvalue weighted by Crippen LogP contribution is -2.22. The van der Waals surface area contributed by atoms with Gasteiger partial charge in [-0.15, -0.1) is 0 Å². The fourth-order valence-corrected chi connectivity index (χ4v) is 4.31. The van der Waals surface area contributed by atoms with Gasteiger partial charge in [0, 0.05) is 12.1 Å². The summed E-state index contributed by atoms with van der Waals surface area (Å²) in [4.78, 5) is 22.4. The highest BCUT2D eigenvalue weighted by molar-refractivity contribution is 7.91. The van der Waals surface area contributed by atoms with Crippen molar-refractivity contribution in [1.82, 2.24) is 0 Å². The molecular formula is C20H16ClN3O5S. The summed E-state index contributed by atoms with van der Waals surface area (Å²) in [5.41, 5.74) is 0.0983. The van der Waals surface area contributed by atoms with Gasteiger partial charge in [-0.25, -0.2) is 8.42 Å². The molecule has 30 heavy (non-hydrogen) atoms. The van der Waals surface area contributed by atoms with E-state index in [9.17, 15) is 23.3 Å². The first-order chi connectivity index (χ1) is 14.3. The minimum atomic E-state index is -4.06. The minimum absolute atomic E-state index is 0.0194. The number of para-hydroxylation sites is 1. The molecule has 0 atom stereocenters. The largest absolute Gasteiger partial charge is 0.375 e. The zero-order chi connectivity index (χ0) is 21.7. The highest BCUT2D eigenvalue weighted by Gasteiger charge is 2.24. The molecule has 3 rings (SSSR count). The second-order valence-electron chi connectivity index (χ2n) is 6.14. The molecular weight excluding hydrogens is 430 g/mol. The summed E-state index contributed by atoms with van der Waals surface area (Å²) in [6.07, 6.45) is 0. The van der Waals surface area contributed by atoms with Gasteiger partial charge in [0.1, 0.15) is 4.90 Å². The summed E-state index contributed by atoms with van der Waals surface area (Å²) in [7, 11) is -4.06. The molecule has 1 amide bonds. The summed E-state index contributed by atoms with van der Waals surface area (Å²) < 4.78 is 26.1. The average Bonchev–Trinajstić information content (AvgIpc) is 2.74. The second kappa shape index (κ2) is 8.93. The number of nitro benzene ring substituents is 1. The van der Waals surface area contributed by atoms with Crippen LogP contribution in [0.5, 0.6) is 0 Å². The Balaban J connectivity index is 1.88. The Kier molecular flexibility index (Phi) is 6.34. The molecule has 0 radical (unpaired) electrons. The number of nitrogens with one attached hydrogen (secondary N) is 2. The number of non-ortho nitro benzene ring substituents is 1. The summed E-state index contributed by atoms with van der Waals surface area (Å²) in [5, 5.41) is 16.8. The third-order valence-electron chi connectivity index (χ3n) is 4.11. The Morgan fingerprint density at radius 2 is 1.63 bits per heavy atom. The van der Waals surface area contributed by atoms with Crippen LogP contribution in [-0.4, -0.2) is 25.8 Å². The molecule has 3 aromatic carbocycles. The fourth-order valence-electron chi connectivity index (χ4n) is 2.65. The third-order valence-corrected chi connectivity index (χ3v) is 6.25. The molecule has 0 aliphatic heterocycles. The molecule has 0 bridgehead atoms. The van der Waals surface area contributed by atoms with Crippen molar-refractivity contribution in [2.45, 2.75) is 9.79 Å². The highest BCUT2D eigenvalue weighted by Crippen LogP contribution is 2.31. The first-order valence-corrected chi connectivity index (χ1v) is 10.5. The van der Waals surface area contributed by atoms with Gasteiger partial charge < -0.3 is 10.6 Å². The summed E-state index contributed by atoms with van der Waals surface area (Å²) in [6.45, 7) is -0.277. The van der Waals surface area contributed by atoms with Crippen molar-refractivity contribution in [3.8, 4) is 0 Å². The van der Waals surface area contributed by atoms with E-state index in [0.717, 1.165) is 12.1 Å². The van der Waals surface area contributed by atoms with Gasteiger partial charge in [-0.05, 0) is 30.3 Å². The lowest BCUT2D eigenvalue weighted by Gasteiger charge is -2.13. The summed E-state index contributed by atoms with van der Waals surface area (Å²) in [6, 6.07) is 17.6. The van der Waals surface area contributed by atoms with Gasteiger partial charge >= 0.3 is 0 Å². The predicted molar refractivity (Wildman–Crippen MR) is 114 cm³/mol. The highest BCUT2D eigenvalue weighted by atomic mass is 35.5. The number of anilines is 2. The van der Waals surface area contributed by atoms with Crippen molar-refractivity contribution in [3.05, 3.63) is 87.9 Å². The van der Waals surface area contributed by atoms with Crippen LogP contribution in [0.25, 0.3) is 0 Å². The predicted octanol–water partition coefficient (Wildman–Crippen LogP) is 4.13. The summed E-state index contributed by atoms with van der Waals surface area (Å²) in [5.74, 6) is -0.468. The van der Waals surface area contributed by atoms with E-state index < -0.39 is 20.7 Å². The van der Waals surface area contributed by atoms with E-state index in [-0.39, 0.29) is 27.7 Å². The number of rotatable bonds is 7. The SMILES string of the molecule is O=C(CNc1ccc([N+](=O)[O-])cc1S(=O)(=O)c1ccccc1)Nc1ccccc1Cl. The smallest absolute Gasteiger partial charge is 0.270 e. The maximum absolute atomic E-state index is 13.0. The molecule has 8 nitrogen and oxygen atoms in total. The van der Waals surface area contributed by atoms with Gasteiger partial charge in [0.15, 0.2) is 0 Å². The zero-order valence-corrected chi connectivity index (χ0v) is 17.0. The van der Waals surface area contributed by atoms with Gasteiger partial charge in [-0.2, -0.15) is 0 Å². The van der Waals surface area contributed by atoms with Crippen LogP contribution in [0.1, 0.15) is 0 Å². The van der Waals surface area contributed by atoms with Crippen molar-refractivity contribution in [2.24, 2.45) is 0 Å². The molecule has 10 heteroatoms. The molecule has 0 saturated heterocycles. The van der Waals surface area contributed by atoms with Crippen LogP contribution in [0, 0.1) is 10.1 Å². The van der Waals surface area contributed by atoms with E-state index >= 15 is 0 Å². The van der Waals surface area contributed by atoms with Gasteiger partial charge in [0.25, 0.3) is 5.69 Å². The van der Waals surface area contributed by atoms with Gasteiger partial charge in [0.05, 0.1) is 32.8 Å². The Hall–Kier alpha value is -3.43. The Morgan fingerprint density at radius 3 is 2.30 bits per heavy atom. The average molecular weight is 446 g/mol. The molecule has 2 N–H and O–H groups in total. The van der Waals surface area contributed by atoms with E-state index in [4.69, 9.17) is 11.6 Å². The first kappa shape index (κ1) is 21.3. The number of halogens is 1. The number of carbonyl (C=O) groups excluding carboxylic acids is 1. The van der Waals surface area contributed by atoms with Crippen LogP contribution in [0.15, 0.2) is 82.6 Å². The van der Waals surface area contributed by atoms with Crippen LogP contribution in [0.3, 0.4) is 0 Å². The maximum Gasteiger partial charge on any atom is 0.270 e. The first-order valence-electron chi connectivity index (χ1n) is 8.66. The lowest BCUT2D eigenvalue weighted by molar-refractivity contribution is -0.385. The Morgan fingerprint density at radius 1 is 0.967 bits per heavy atom.